The highest BCUT2D eigenvalue weighted by Crippen LogP contribution is 2.16. The normalized spacial score (nSPS) is 11.6. The molecule has 6 nitrogen and oxygen atoms in total. The fourth-order valence-electron chi connectivity index (χ4n) is 2.29. The predicted octanol–water partition coefficient (Wildman–Crippen LogP) is 3.01. The molecule has 1 rings (SSSR count). The molecule has 0 atom stereocenters. The molecule has 0 aliphatic carbocycles. The van der Waals surface area contributed by atoms with Crippen LogP contribution in [0.3, 0.4) is 0 Å². The third kappa shape index (κ3) is 8.36. The smallest absolute Gasteiger partial charge is 0.393 e. The van der Waals surface area contributed by atoms with E-state index < -0.39 is 17.4 Å². The summed E-state index contributed by atoms with van der Waals surface area (Å²) in [7, 11) is 3.19. The second kappa shape index (κ2) is 13.3. The molecule has 25 heavy (non-hydrogen) atoms. The Hall–Kier alpha value is -0.876. The monoisotopic (exact) mass is 388 g/mol. The lowest BCUT2D eigenvalue weighted by Crippen LogP contribution is -2.43. The van der Waals surface area contributed by atoms with Gasteiger partial charge in [-0.25, -0.2) is 0 Å². The van der Waals surface area contributed by atoms with Crippen molar-refractivity contribution < 1.29 is 26.9 Å². The summed E-state index contributed by atoms with van der Waals surface area (Å²) in [4.78, 5) is 10.5. The van der Waals surface area contributed by atoms with Crippen LogP contribution in [0.25, 0.3) is 0 Å². The van der Waals surface area contributed by atoms with Gasteiger partial charge in [-0.2, -0.15) is 0 Å². The first-order chi connectivity index (χ1) is 12.0. The van der Waals surface area contributed by atoms with E-state index in [1.807, 2.05) is 25.1 Å². The molecule has 1 aromatic carbocycles. The molecule has 1 aromatic rings. The summed E-state index contributed by atoms with van der Waals surface area (Å²) in [5.74, 6) is 0.830. The van der Waals surface area contributed by atoms with E-state index in [2.05, 4.69) is 12.1 Å². The minimum atomic E-state index is -2.40. The van der Waals surface area contributed by atoms with Crippen molar-refractivity contribution in [3.63, 3.8) is 0 Å². The first-order valence-corrected chi connectivity index (χ1v) is 12.3. The van der Waals surface area contributed by atoms with Crippen molar-refractivity contribution in [2.24, 2.45) is 0 Å². The summed E-state index contributed by atoms with van der Waals surface area (Å²) in [5.41, 5.74) is 1.28. The number of benzene rings is 1. The molecule has 0 saturated carbocycles. The van der Waals surface area contributed by atoms with Gasteiger partial charge < -0.3 is 26.9 Å². The molecule has 0 radical (unpaired) electrons. The Labute approximate surface area is 154 Å². The van der Waals surface area contributed by atoms with E-state index in [4.69, 9.17) is 22.1 Å². The van der Waals surface area contributed by atoms with Gasteiger partial charge in [0.1, 0.15) is 0 Å². The lowest BCUT2D eigenvalue weighted by Gasteiger charge is -2.24. The first kappa shape index (κ1) is 24.1. The van der Waals surface area contributed by atoms with E-state index in [1.165, 1.54) is 19.8 Å². The zero-order valence-corrected chi connectivity index (χ0v) is 18.2. The highest BCUT2D eigenvalue weighted by atomic mass is 28.4. The highest BCUT2D eigenvalue weighted by molar-refractivity contribution is 6.91. The fourth-order valence-corrected chi connectivity index (χ4v) is 5.58. The summed E-state index contributed by atoms with van der Waals surface area (Å²) < 4.78 is 26.1. The maximum atomic E-state index is 10.5. The first-order valence-electron chi connectivity index (χ1n) is 8.26. The summed E-state index contributed by atoms with van der Waals surface area (Å²) in [6.07, 6.45) is 1.84. The minimum Gasteiger partial charge on any atom is -0.393 e. The molecule has 0 saturated heterocycles. The standard InChI is InChI=1S/C11H18O3Si.C6H14O3Si/c1-12-15(13-2,14-3)10-9-11-7-5-4-6-8-11;1-4-5-10(6-7,8-2)9-3/h4-8H,9-10H2,1-3H3;6H,4-5H2,1-3H3. The molecule has 144 valence electrons. The zero-order chi connectivity index (χ0) is 19.2. The van der Waals surface area contributed by atoms with E-state index >= 15 is 0 Å². The van der Waals surface area contributed by atoms with Gasteiger partial charge in [-0.1, -0.05) is 43.7 Å². The average molecular weight is 389 g/mol. The van der Waals surface area contributed by atoms with Crippen molar-refractivity contribution in [3.8, 4) is 0 Å². The van der Waals surface area contributed by atoms with Crippen molar-refractivity contribution in [3.05, 3.63) is 35.9 Å². The quantitative estimate of drug-likeness (QED) is 0.429. The molecule has 0 aliphatic rings. The summed E-state index contributed by atoms with van der Waals surface area (Å²) in [6.45, 7) is 2.00. The average Bonchev–Trinajstić information content (AvgIpc) is 2.69. The number of hydrogen-bond acceptors (Lipinski definition) is 6. The highest BCUT2D eigenvalue weighted by Gasteiger charge is 2.37. The van der Waals surface area contributed by atoms with Crippen molar-refractivity contribution in [1.29, 1.82) is 0 Å². The Kier molecular flexibility index (Phi) is 12.9. The second-order valence-corrected chi connectivity index (χ2v) is 11.6. The Morgan fingerprint density at radius 1 is 0.840 bits per heavy atom. The van der Waals surface area contributed by atoms with Gasteiger partial charge in [0.25, 0.3) is 0 Å². The van der Waals surface area contributed by atoms with Crippen LogP contribution < -0.4 is 0 Å². The van der Waals surface area contributed by atoms with Crippen LogP contribution in [0.1, 0.15) is 18.9 Å². The molecule has 0 aromatic heterocycles. The van der Waals surface area contributed by atoms with Gasteiger partial charge in [-0.15, -0.1) is 0 Å². The Bertz CT molecular complexity index is 441. The molecule has 0 amide bonds. The van der Waals surface area contributed by atoms with Crippen LogP contribution >= 0.6 is 0 Å². The van der Waals surface area contributed by atoms with Gasteiger partial charge in [0.05, 0.1) is 0 Å². The van der Waals surface area contributed by atoms with Crippen molar-refractivity contribution in [2.45, 2.75) is 31.9 Å². The number of rotatable bonds is 11. The molecule has 0 heterocycles. The molecule has 0 N–H and O–H groups in total. The van der Waals surface area contributed by atoms with E-state index in [0.29, 0.717) is 0 Å². The van der Waals surface area contributed by atoms with Crippen molar-refractivity contribution in [1.82, 2.24) is 0 Å². The molecule has 0 fully saturated rings. The largest absolute Gasteiger partial charge is 0.500 e. The molecule has 0 unspecified atom stereocenters. The molecule has 8 heteroatoms. The summed E-state index contributed by atoms with van der Waals surface area (Å²) >= 11 is 0. The molecule has 0 spiro atoms. The summed E-state index contributed by atoms with van der Waals surface area (Å²) in [6, 6.07) is 11.8. The summed E-state index contributed by atoms with van der Waals surface area (Å²) in [5, 5.41) is 0. The van der Waals surface area contributed by atoms with Crippen LogP contribution in [0.4, 0.5) is 0 Å². The maximum absolute atomic E-state index is 10.5. The van der Waals surface area contributed by atoms with Crippen LogP contribution in [-0.2, 0) is 33.3 Å². The predicted molar refractivity (Wildman–Crippen MR) is 103 cm³/mol. The molecule has 0 aliphatic heterocycles. The van der Waals surface area contributed by atoms with E-state index in [9.17, 15) is 4.79 Å². The van der Waals surface area contributed by atoms with E-state index in [0.717, 1.165) is 30.8 Å². The number of carbonyl (C=O) groups is 1. The number of aryl methyl sites for hydroxylation is 1. The van der Waals surface area contributed by atoms with Gasteiger partial charge in [0, 0.05) is 41.6 Å². The van der Waals surface area contributed by atoms with Gasteiger partial charge in [-0.3, -0.25) is 0 Å². The molecule has 0 bridgehead atoms. The topological polar surface area (TPSA) is 63.2 Å². The van der Waals surface area contributed by atoms with E-state index in [1.54, 1.807) is 21.3 Å². The lowest BCUT2D eigenvalue weighted by molar-refractivity contribution is 0.123. The van der Waals surface area contributed by atoms with Crippen LogP contribution in [0, 0.1) is 0 Å². The molecular formula is C17H32O6Si2. The molecular weight excluding hydrogens is 356 g/mol. The number of hydrogen-bond donors (Lipinski definition) is 0. The van der Waals surface area contributed by atoms with Crippen LogP contribution in [-0.4, -0.2) is 58.8 Å². The second-order valence-electron chi connectivity index (χ2n) is 5.37. The Morgan fingerprint density at radius 2 is 1.36 bits per heavy atom. The van der Waals surface area contributed by atoms with Gasteiger partial charge in [-0.05, 0) is 18.0 Å². The van der Waals surface area contributed by atoms with Crippen molar-refractivity contribution >= 4 is 23.3 Å². The van der Waals surface area contributed by atoms with E-state index in [-0.39, 0.29) is 0 Å². The van der Waals surface area contributed by atoms with Gasteiger partial charge in [0.15, 0.2) is 5.91 Å². The van der Waals surface area contributed by atoms with Crippen molar-refractivity contribution in [2.75, 3.05) is 35.5 Å². The Balaban J connectivity index is 0.000000504. The fraction of sp³-hybridized carbons (Fsp3) is 0.588. The number of carbonyl (C=O) groups excluding carboxylic acids is 1. The zero-order valence-electron chi connectivity index (χ0n) is 16.2. The van der Waals surface area contributed by atoms with Gasteiger partial charge >= 0.3 is 17.4 Å². The minimum absolute atomic E-state index is 0.740. The Morgan fingerprint density at radius 3 is 1.68 bits per heavy atom. The third-order valence-corrected chi connectivity index (χ3v) is 9.63. The lowest BCUT2D eigenvalue weighted by atomic mass is 10.2. The SMILES string of the molecule is CCC[Si](C=O)(OC)OC.CO[Si](CCc1ccccc1)(OC)OC. The van der Waals surface area contributed by atoms with Crippen LogP contribution in [0.15, 0.2) is 30.3 Å². The maximum Gasteiger partial charge on any atom is 0.500 e. The third-order valence-electron chi connectivity index (χ3n) is 3.96. The van der Waals surface area contributed by atoms with Gasteiger partial charge in [0.2, 0.25) is 0 Å². The van der Waals surface area contributed by atoms with Crippen LogP contribution in [0.5, 0.6) is 0 Å². The van der Waals surface area contributed by atoms with Crippen LogP contribution in [0.2, 0.25) is 12.1 Å².